The number of sulfonamides is 1. The summed E-state index contributed by atoms with van der Waals surface area (Å²) in [6, 6.07) is 4.03. The molecule has 0 aliphatic carbocycles. The third-order valence-electron chi connectivity index (χ3n) is 3.40. The predicted molar refractivity (Wildman–Crippen MR) is 91.6 cm³/mol. The standard InChI is InChI=1S/C17H28FNO3S/c1-5-6-7-10-23(20,21)19-14(4)15-8-9-16(18)17(11-15)22-12-13(2)3/h8-9,11,13-14,19H,5-7,10,12H2,1-4H3/t14-/m1/s1. The first-order chi connectivity index (χ1) is 10.7. The first kappa shape index (κ1) is 19.9. The zero-order valence-electron chi connectivity index (χ0n) is 14.4. The van der Waals surface area contributed by atoms with Crippen LogP contribution in [-0.2, 0) is 10.0 Å². The summed E-state index contributed by atoms with van der Waals surface area (Å²) in [5.41, 5.74) is 0.684. The van der Waals surface area contributed by atoms with Crippen molar-refractivity contribution < 1.29 is 17.5 Å². The molecule has 0 aliphatic heterocycles. The minimum absolute atomic E-state index is 0.114. The van der Waals surface area contributed by atoms with Crippen LogP contribution in [0, 0.1) is 11.7 Å². The highest BCUT2D eigenvalue weighted by Gasteiger charge is 2.17. The Hall–Kier alpha value is -1.14. The lowest BCUT2D eigenvalue weighted by molar-refractivity contribution is 0.259. The normalized spacial score (nSPS) is 13.3. The third kappa shape index (κ3) is 7.31. The summed E-state index contributed by atoms with van der Waals surface area (Å²) in [6.07, 6.45) is 2.50. The van der Waals surface area contributed by atoms with E-state index in [0.717, 1.165) is 12.8 Å². The van der Waals surface area contributed by atoms with Gasteiger partial charge < -0.3 is 4.74 Å². The smallest absolute Gasteiger partial charge is 0.212 e. The van der Waals surface area contributed by atoms with Gasteiger partial charge in [-0.3, -0.25) is 0 Å². The second kappa shape index (κ2) is 9.23. The van der Waals surface area contributed by atoms with Gasteiger partial charge in [-0.1, -0.05) is 39.7 Å². The van der Waals surface area contributed by atoms with E-state index in [4.69, 9.17) is 4.74 Å². The SMILES string of the molecule is CCCCCS(=O)(=O)N[C@H](C)c1ccc(F)c(OCC(C)C)c1. The van der Waals surface area contributed by atoms with Crippen molar-refractivity contribution >= 4 is 10.0 Å². The first-order valence-electron chi connectivity index (χ1n) is 8.17. The molecule has 0 saturated carbocycles. The van der Waals surface area contributed by atoms with E-state index in [0.29, 0.717) is 18.6 Å². The molecule has 0 fully saturated rings. The summed E-state index contributed by atoms with van der Waals surface area (Å²) >= 11 is 0. The minimum Gasteiger partial charge on any atom is -0.490 e. The van der Waals surface area contributed by atoms with E-state index in [9.17, 15) is 12.8 Å². The Kier molecular flexibility index (Phi) is 7.99. The lowest BCUT2D eigenvalue weighted by Crippen LogP contribution is -2.29. The number of nitrogens with one attached hydrogen (secondary N) is 1. The fraction of sp³-hybridized carbons (Fsp3) is 0.647. The predicted octanol–water partition coefficient (Wildman–Crippen LogP) is 4.03. The molecule has 0 spiro atoms. The van der Waals surface area contributed by atoms with Crippen molar-refractivity contribution in [2.45, 2.75) is 53.0 Å². The van der Waals surface area contributed by atoms with Crippen molar-refractivity contribution in [2.24, 2.45) is 5.92 Å². The third-order valence-corrected chi connectivity index (χ3v) is 4.94. The molecule has 6 heteroatoms. The lowest BCUT2D eigenvalue weighted by Gasteiger charge is -2.17. The molecule has 1 N–H and O–H groups in total. The summed E-state index contributed by atoms with van der Waals surface area (Å²) in [6.45, 7) is 8.15. The highest BCUT2D eigenvalue weighted by molar-refractivity contribution is 7.89. The number of benzene rings is 1. The van der Waals surface area contributed by atoms with Crippen molar-refractivity contribution in [3.63, 3.8) is 0 Å². The van der Waals surface area contributed by atoms with Gasteiger partial charge >= 0.3 is 0 Å². The van der Waals surface area contributed by atoms with Crippen LogP contribution in [0.2, 0.25) is 0 Å². The fourth-order valence-electron chi connectivity index (χ4n) is 2.09. The maximum atomic E-state index is 13.8. The van der Waals surface area contributed by atoms with Gasteiger partial charge in [0.1, 0.15) is 0 Å². The van der Waals surface area contributed by atoms with Crippen LogP contribution in [0.4, 0.5) is 4.39 Å². The number of ether oxygens (including phenoxy) is 1. The molecule has 1 rings (SSSR count). The van der Waals surface area contributed by atoms with Crippen LogP contribution >= 0.6 is 0 Å². The average Bonchev–Trinajstić information content (AvgIpc) is 2.45. The average molecular weight is 345 g/mol. The van der Waals surface area contributed by atoms with Crippen LogP contribution < -0.4 is 9.46 Å². The monoisotopic (exact) mass is 345 g/mol. The molecule has 0 aromatic heterocycles. The van der Waals surface area contributed by atoms with Gasteiger partial charge in [0.25, 0.3) is 0 Å². The molecule has 0 saturated heterocycles. The zero-order chi connectivity index (χ0) is 17.5. The maximum Gasteiger partial charge on any atom is 0.212 e. The molecule has 1 aromatic rings. The maximum absolute atomic E-state index is 13.8. The van der Waals surface area contributed by atoms with Gasteiger partial charge in [0.05, 0.1) is 12.4 Å². The van der Waals surface area contributed by atoms with Crippen molar-refractivity contribution in [3.05, 3.63) is 29.6 Å². The van der Waals surface area contributed by atoms with E-state index in [1.54, 1.807) is 19.1 Å². The molecular weight excluding hydrogens is 317 g/mol. The van der Waals surface area contributed by atoms with Crippen molar-refractivity contribution in [1.82, 2.24) is 4.72 Å². The minimum atomic E-state index is -3.33. The zero-order valence-corrected chi connectivity index (χ0v) is 15.2. The largest absolute Gasteiger partial charge is 0.490 e. The molecule has 4 nitrogen and oxygen atoms in total. The molecule has 0 aliphatic rings. The van der Waals surface area contributed by atoms with Crippen molar-refractivity contribution in [2.75, 3.05) is 12.4 Å². The molecular formula is C17H28FNO3S. The summed E-state index contributed by atoms with van der Waals surface area (Å²) in [5, 5.41) is 0. The fourth-order valence-corrected chi connectivity index (χ4v) is 3.47. The van der Waals surface area contributed by atoms with Gasteiger partial charge in [0.15, 0.2) is 11.6 Å². The molecule has 1 atom stereocenters. The Morgan fingerprint density at radius 2 is 1.91 bits per heavy atom. The molecule has 23 heavy (non-hydrogen) atoms. The van der Waals surface area contributed by atoms with Crippen LogP contribution in [0.25, 0.3) is 0 Å². The topological polar surface area (TPSA) is 55.4 Å². The number of hydrogen-bond acceptors (Lipinski definition) is 3. The summed E-state index contributed by atoms with van der Waals surface area (Å²) in [5.74, 6) is 0.122. The van der Waals surface area contributed by atoms with Crippen LogP contribution in [0.3, 0.4) is 0 Å². The second-order valence-electron chi connectivity index (χ2n) is 6.26. The molecule has 1 aromatic carbocycles. The summed E-state index contributed by atoms with van der Waals surface area (Å²) < 4.78 is 45.9. The van der Waals surface area contributed by atoms with Gasteiger partial charge in [-0.25, -0.2) is 17.5 Å². The van der Waals surface area contributed by atoms with Gasteiger partial charge in [0, 0.05) is 6.04 Å². The lowest BCUT2D eigenvalue weighted by atomic mass is 10.1. The van der Waals surface area contributed by atoms with Crippen LogP contribution in [0.1, 0.15) is 58.6 Å². The number of halogens is 1. The Balaban J connectivity index is 2.75. The Labute approximate surface area is 139 Å². The van der Waals surface area contributed by atoms with Gasteiger partial charge in [-0.15, -0.1) is 0 Å². The van der Waals surface area contributed by atoms with Crippen LogP contribution in [-0.4, -0.2) is 20.8 Å². The summed E-state index contributed by atoms with van der Waals surface area (Å²) in [4.78, 5) is 0. The van der Waals surface area contributed by atoms with E-state index in [-0.39, 0.29) is 17.4 Å². The Morgan fingerprint density at radius 1 is 1.22 bits per heavy atom. The quantitative estimate of drug-likeness (QED) is 0.651. The molecule has 0 amide bonds. The van der Waals surface area contributed by atoms with Crippen molar-refractivity contribution in [3.8, 4) is 5.75 Å². The highest BCUT2D eigenvalue weighted by atomic mass is 32.2. The van der Waals surface area contributed by atoms with Gasteiger partial charge in [0.2, 0.25) is 10.0 Å². The van der Waals surface area contributed by atoms with Gasteiger partial charge in [-0.05, 0) is 37.0 Å². The van der Waals surface area contributed by atoms with E-state index in [1.807, 2.05) is 20.8 Å². The van der Waals surface area contributed by atoms with E-state index in [2.05, 4.69) is 4.72 Å². The van der Waals surface area contributed by atoms with E-state index in [1.165, 1.54) is 6.07 Å². The molecule has 0 unspecified atom stereocenters. The van der Waals surface area contributed by atoms with E-state index < -0.39 is 21.9 Å². The molecule has 0 heterocycles. The summed E-state index contributed by atoms with van der Waals surface area (Å²) in [7, 11) is -3.33. The van der Waals surface area contributed by atoms with Crippen molar-refractivity contribution in [1.29, 1.82) is 0 Å². The van der Waals surface area contributed by atoms with Crippen LogP contribution in [0.15, 0.2) is 18.2 Å². The van der Waals surface area contributed by atoms with Crippen LogP contribution in [0.5, 0.6) is 5.75 Å². The molecule has 132 valence electrons. The van der Waals surface area contributed by atoms with Gasteiger partial charge in [-0.2, -0.15) is 0 Å². The molecule has 0 bridgehead atoms. The van der Waals surface area contributed by atoms with E-state index >= 15 is 0 Å². The Morgan fingerprint density at radius 3 is 2.52 bits per heavy atom. The highest BCUT2D eigenvalue weighted by Crippen LogP contribution is 2.24. The second-order valence-corrected chi connectivity index (χ2v) is 8.13. The molecule has 0 radical (unpaired) electrons. The number of unbranched alkanes of at least 4 members (excludes halogenated alkanes) is 2. The number of hydrogen-bond donors (Lipinski definition) is 1. The Bertz CT molecular complexity index is 588. The first-order valence-corrected chi connectivity index (χ1v) is 9.82. The number of rotatable bonds is 10.